The molecule has 1 heterocycles. The van der Waals surface area contributed by atoms with E-state index in [1.54, 1.807) is 0 Å². The molecule has 0 aliphatic carbocycles. The van der Waals surface area contributed by atoms with Crippen molar-refractivity contribution in [2.45, 2.75) is 39.2 Å². The second-order valence-electron chi connectivity index (χ2n) is 3.76. The second-order valence-corrected chi connectivity index (χ2v) is 3.76. The summed E-state index contributed by atoms with van der Waals surface area (Å²) in [7, 11) is 0. The van der Waals surface area contributed by atoms with Crippen LogP contribution in [0.1, 0.15) is 33.1 Å². The fourth-order valence-electron chi connectivity index (χ4n) is 1.51. The normalized spacial score (nSPS) is 17.0. The molecule has 0 aromatic rings. The van der Waals surface area contributed by atoms with Crippen LogP contribution in [-0.2, 0) is 9.53 Å². The molecule has 0 aromatic carbocycles. The Morgan fingerprint density at radius 2 is 2.00 bits per heavy atom. The largest absolute Gasteiger partial charge is 0.378 e. The highest BCUT2D eigenvalue weighted by Gasteiger charge is 2.17. The van der Waals surface area contributed by atoms with Crippen LogP contribution in [-0.4, -0.2) is 36.6 Å². The monoisotopic (exact) mass is 185 g/mol. The van der Waals surface area contributed by atoms with E-state index in [1.807, 2.05) is 18.7 Å². The van der Waals surface area contributed by atoms with Gasteiger partial charge in [0.05, 0.1) is 19.1 Å². The predicted octanol–water partition coefficient (Wildman–Crippen LogP) is 1.42. The molecule has 0 spiro atoms. The predicted molar refractivity (Wildman–Crippen MR) is 51.5 cm³/mol. The lowest BCUT2D eigenvalue weighted by atomic mass is 10.4. The number of ether oxygens (including phenoxy) is 1. The Kier molecular flexibility index (Phi) is 4.22. The minimum atomic E-state index is 0.228. The first-order valence-corrected chi connectivity index (χ1v) is 5.09. The van der Waals surface area contributed by atoms with Crippen LogP contribution in [0.4, 0.5) is 0 Å². The summed E-state index contributed by atoms with van der Waals surface area (Å²) < 4.78 is 5.32. The maximum Gasteiger partial charge on any atom is 0.224 e. The Balaban J connectivity index is 2.10. The average molecular weight is 185 g/mol. The number of carbonyl (C=O) groups excluding carboxylic acids is 1. The molecule has 0 N–H and O–H groups in total. The highest BCUT2D eigenvalue weighted by molar-refractivity contribution is 5.76. The average Bonchev–Trinajstić information content (AvgIpc) is 2.55. The van der Waals surface area contributed by atoms with Gasteiger partial charge < -0.3 is 9.64 Å². The summed E-state index contributed by atoms with van der Waals surface area (Å²) in [6.07, 6.45) is 3.09. The van der Waals surface area contributed by atoms with Gasteiger partial charge in [0, 0.05) is 13.1 Å². The van der Waals surface area contributed by atoms with Crippen molar-refractivity contribution in [3.8, 4) is 0 Å². The molecular weight excluding hydrogens is 166 g/mol. The summed E-state index contributed by atoms with van der Waals surface area (Å²) in [5.74, 6) is 0.248. The smallest absolute Gasteiger partial charge is 0.224 e. The Bertz CT molecular complexity index is 162. The fourth-order valence-corrected chi connectivity index (χ4v) is 1.51. The van der Waals surface area contributed by atoms with E-state index >= 15 is 0 Å². The van der Waals surface area contributed by atoms with Crippen LogP contribution in [0.3, 0.4) is 0 Å². The minimum Gasteiger partial charge on any atom is -0.378 e. The lowest BCUT2D eigenvalue weighted by Gasteiger charge is -2.15. The highest BCUT2D eigenvalue weighted by atomic mass is 16.5. The third-order valence-corrected chi connectivity index (χ3v) is 2.23. The standard InChI is InChI=1S/C10H19NO2/c1-9(2)13-8-5-10(12)11-6-3-4-7-11/h9H,3-8H2,1-2H3. The molecule has 76 valence electrons. The molecule has 1 aliphatic heterocycles. The molecule has 0 saturated carbocycles. The Labute approximate surface area is 80.1 Å². The fraction of sp³-hybridized carbons (Fsp3) is 0.900. The third-order valence-electron chi connectivity index (χ3n) is 2.23. The molecule has 0 aromatic heterocycles. The summed E-state index contributed by atoms with van der Waals surface area (Å²) in [6, 6.07) is 0. The maximum absolute atomic E-state index is 11.5. The van der Waals surface area contributed by atoms with E-state index in [1.165, 1.54) is 0 Å². The van der Waals surface area contributed by atoms with Crippen LogP contribution in [0.2, 0.25) is 0 Å². The lowest BCUT2D eigenvalue weighted by molar-refractivity contribution is -0.131. The molecule has 3 nitrogen and oxygen atoms in total. The van der Waals surface area contributed by atoms with Gasteiger partial charge in [-0.25, -0.2) is 0 Å². The first-order chi connectivity index (χ1) is 6.20. The topological polar surface area (TPSA) is 29.5 Å². The highest BCUT2D eigenvalue weighted by Crippen LogP contribution is 2.08. The molecule has 3 heteroatoms. The first-order valence-electron chi connectivity index (χ1n) is 5.09. The first kappa shape index (κ1) is 10.5. The zero-order valence-electron chi connectivity index (χ0n) is 8.58. The lowest BCUT2D eigenvalue weighted by Crippen LogP contribution is -2.28. The van der Waals surface area contributed by atoms with E-state index in [-0.39, 0.29) is 12.0 Å². The van der Waals surface area contributed by atoms with Gasteiger partial charge in [-0.3, -0.25) is 4.79 Å². The Morgan fingerprint density at radius 1 is 1.38 bits per heavy atom. The third kappa shape index (κ3) is 3.77. The number of amides is 1. The van der Waals surface area contributed by atoms with Crippen LogP contribution < -0.4 is 0 Å². The quantitative estimate of drug-likeness (QED) is 0.663. The summed E-state index contributed by atoms with van der Waals surface area (Å²) >= 11 is 0. The van der Waals surface area contributed by atoms with Gasteiger partial charge in [0.25, 0.3) is 0 Å². The molecule has 0 atom stereocenters. The molecule has 13 heavy (non-hydrogen) atoms. The number of carbonyl (C=O) groups is 1. The number of likely N-dealkylation sites (tertiary alicyclic amines) is 1. The van der Waals surface area contributed by atoms with Crippen molar-refractivity contribution >= 4 is 5.91 Å². The molecule has 0 radical (unpaired) electrons. The minimum absolute atomic E-state index is 0.228. The van der Waals surface area contributed by atoms with Gasteiger partial charge in [0.15, 0.2) is 0 Å². The maximum atomic E-state index is 11.5. The van der Waals surface area contributed by atoms with Gasteiger partial charge in [0.2, 0.25) is 5.91 Å². The van der Waals surface area contributed by atoms with Crippen molar-refractivity contribution in [3.63, 3.8) is 0 Å². The summed E-state index contributed by atoms with van der Waals surface area (Å²) in [6.45, 7) is 6.43. The van der Waals surface area contributed by atoms with Gasteiger partial charge in [-0.1, -0.05) is 0 Å². The van der Waals surface area contributed by atoms with E-state index < -0.39 is 0 Å². The summed E-state index contributed by atoms with van der Waals surface area (Å²) in [5, 5.41) is 0. The van der Waals surface area contributed by atoms with E-state index in [0.717, 1.165) is 25.9 Å². The van der Waals surface area contributed by atoms with Gasteiger partial charge in [-0.05, 0) is 26.7 Å². The molecule has 1 amide bonds. The molecule has 1 aliphatic rings. The molecule has 1 rings (SSSR count). The van der Waals surface area contributed by atoms with Crippen LogP contribution >= 0.6 is 0 Å². The second kappa shape index (κ2) is 5.22. The SMILES string of the molecule is CC(C)OCCC(=O)N1CCCC1. The molecule has 1 saturated heterocycles. The van der Waals surface area contributed by atoms with Gasteiger partial charge in [0.1, 0.15) is 0 Å². The number of hydrogen-bond donors (Lipinski definition) is 0. The number of hydrogen-bond acceptors (Lipinski definition) is 2. The molecular formula is C10H19NO2. The Morgan fingerprint density at radius 3 is 2.54 bits per heavy atom. The summed E-state index contributed by atoms with van der Waals surface area (Å²) in [4.78, 5) is 13.4. The van der Waals surface area contributed by atoms with Crippen LogP contribution in [0, 0.1) is 0 Å². The van der Waals surface area contributed by atoms with Crippen LogP contribution in [0.15, 0.2) is 0 Å². The Hall–Kier alpha value is -0.570. The van der Waals surface area contributed by atoms with Crippen LogP contribution in [0.25, 0.3) is 0 Å². The van der Waals surface area contributed by atoms with Crippen molar-refractivity contribution in [1.82, 2.24) is 4.90 Å². The van der Waals surface area contributed by atoms with Crippen molar-refractivity contribution in [3.05, 3.63) is 0 Å². The van der Waals surface area contributed by atoms with Crippen LogP contribution in [0.5, 0.6) is 0 Å². The number of nitrogens with zero attached hydrogens (tertiary/aromatic N) is 1. The van der Waals surface area contributed by atoms with E-state index in [4.69, 9.17) is 4.74 Å². The molecule has 1 fully saturated rings. The van der Waals surface area contributed by atoms with Crippen molar-refractivity contribution in [2.75, 3.05) is 19.7 Å². The van der Waals surface area contributed by atoms with Gasteiger partial charge in [-0.2, -0.15) is 0 Å². The van der Waals surface area contributed by atoms with Crippen molar-refractivity contribution in [1.29, 1.82) is 0 Å². The van der Waals surface area contributed by atoms with Gasteiger partial charge in [-0.15, -0.1) is 0 Å². The number of rotatable bonds is 4. The van der Waals surface area contributed by atoms with E-state index in [9.17, 15) is 4.79 Å². The zero-order valence-corrected chi connectivity index (χ0v) is 8.58. The molecule has 0 bridgehead atoms. The van der Waals surface area contributed by atoms with E-state index in [2.05, 4.69) is 0 Å². The summed E-state index contributed by atoms with van der Waals surface area (Å²) in [5.41, 5.74) is 0. The van der Waals surface area contributed by atoms with Crippen molar-refractivity contribution < 1.29 is 9.53 Å². The van der Waals surface area contributed by atoms with Gasteiger partial charge >= 0.3 is 0 Å². The molecule has 0 unspecified atom stereocenters. The zero-order chi connectivity index (χ0) is 9.68. The van der Waals surface area contributed by atoms with E-state index in [0.29, 0.717) is 13.0 Å². The van der Waals surface area contributed by atoms with Crippen molar-refractivity contribution in [2.24, 2.45) is 0 Å².